The van der Waals surface area contributed by atoms with Crippen LogP contribution in [0.25, 0.3) is 0 Å². The molecule has 0 aliphatic carbocycles. The highest BCUT2D eigenvalue weighted by atomic mass is 16.2. The fourth-order valence-corrected chi connectivity index (χ4v) is 2.57. The predicted molar refractivity (Wildman–Crippen MR) is 87.3 cm³/mol. The maximum atomic E-state index is 12.2. The van der Waals surface area contributed by atoms with E-state index < -0.39 is 0 Å². The monoisotopic (exact) mass is 315 g/mol. The van der Waals surface area contributed by atoms with Gasteiger partial charge in [-0.2, -0.15) is 5.10 Å². The van der Waals surface area contributed by atoms with E-state index in [0.29, 0.717) is 6.54 Å². The first-order valence-corrected chi connectivity index (χ1v) is 7.66. The van der Waals surface area contributed by atoms with Gasteiger partial charge in [-0.25, -0.2) is 9.97 Å². The third-order valence-electron chi connectivity index (χ3n) is 4.08. The van der Waals surface area contributed by atoms with Crippen LogP contribution in [0.3, 0.4) is 0 Å². The van der Waals surface area contributed by atoms with Crippen molar-refractivity contribution in [2.45, 2.75) is 6.92 Å². The van der Waals surface area contributed by atoms with Crippen LogP contribution in [0.1, 0.15) is 5.69 Å². The summed E-state index contributed by atoms with van der Waals surface area (Å²) in [5, 5.41) is 7.05. The average Bonchev–Trinajstić information content (AvgIpc) is 2.88. The van der Waals surface area contributed by atoms with Crippen molar-refractivity contribution in [2.75, 3.05) is 42.9 Å². The van der Waals surface area contributed by atoms with Crippen LogP contribution in [0.4, 0.5) is 11.6 Å². The van der Waals surface area contributed by atoms with E-state index in [-0.39, 0.29) is 5.91 Å². The van der Waals surface area contributed by atoms with Crippen molar-refractivity contribution in [1.82, 2.24) is 24.6 Å². The Balaban J connectivity index is 1.49. The van der Waals surface area contributed by atoms with E-state index in [1.54, 1.807) is 23.3 Å². The molecular weight excluding hydrogens is 294 g/mol. The number of carbonyl (C=O) groups excluding carboxylic acids is 1. The summed E-state index contributed by atoms with van der Waals surface area (Å²) in [6, 6.07) is 1.81. The van der Waals surface area contributed by atoms with Gasteiger partial charge < -0.3 is 10.2 Å². The van der Waals surface area contributed by atoms with Gasteiger partial charge in [-0.3, -0.25) is 14.4 Å². The largest absolute Gasteiger partial charge is 0.338 e. The van der Waals surface area contributed by atoms with Crippen LogP contribution in [0, 0.1) is 6.92 Å². The Hall–Kier alpha value is -2.48. The van der Waals surface area contributed by atoms with Crippen LogP contribution in [0.5, 0.6) is 0 Å². The molecule has 0 unspecified atom stereocenters. The second-order valence-electron chi connectivity index (χ2n) is 5.63. The van der Waals surface area contributed by atoms with E-state index in [0.717, 1.165) is 43.5 Å². The number of amides is 1. The maximum absolute atomic E-state index is 12.2. The van der Waals surface area contributed by atoms with Crippen LogP contribution in [0.2, 0.25) is 0 Å². The lowest BCUT2D eigenvalue weighted by Gasteiger charge is -2.34. The Morgan fingerprint density at radius 2 is 1.91 bits per heavy atom. The number of nitrogens with one attached hydrogen (secondary N) is 1. The topological polar surface area (TPSA) is 79.2 Å². The SMILES string of the molecule is Cc1c(NC(=O)CN2CCN(c3ncccn3)CC2)cnn1C. The molecule has 0 radical (unpaired) electrons. The third kappa shape index (κ3) is 3.65. The highest BCUT2D eigenvalue weighted by molar-refractivity contribution is 5.92. The van der Waals surface area contributed by atoms with Crippen LogP contribution in [-0.2, 0) is 11.8 Å². The first-order valence-electron chi connectivity index (χ1n) is 7.66. The fourth-order valence-electron chi connectivity index (χ4n) is 2.57. The van der Waals surface area contributed by atoms with Gasteiger partial charge in [0.15, 0.2) is 0 Å². The quantitative estimate of drug-likeness (QED) is 0.873. The van der Waals surface area contributed by atoms with Gasteiger partial charge in [0.2, 0.25) is 11.9 Å². The molecule has 3 heterocycles. The van der Waals surface area contributed by atoms with Gasteiger partial charge in [0.05, 0.1) is 24.1 Å². The van der Waals surface area contributed by atoms with Crippen LogP contribution >= 0.6 is 0 Å². The van der Waals surface area contributed by atoms with Gasteiger partial charge in [-0.15, -0.1) is 0 Å². The number of hydrogen-bond acceptors (Lipinski definition) is 6. The number of piperazine rings is 1. The molecule has 8 nitrogen and oxygen atoms in total. The third-order valence-corrected chi connectivity index (χ3v) is 4.08. The molecular formula is C15H21N7O. The Morgan fingerprint density at radius 3 is 2.52 bits per heavy atom. The van der Waals surface area contributed by atoms with Gasteiger partial charge >= 0.3 is 0 Å². The maximum Gasteiger partial charge on any atom is 0.238 e. The summed E-state index contributed by atoms with van der Waals surface area (Å²) in [6.45, 7) is 5.60. The highest BCUT2D eigenvalue weighted by Gasteiger charge is 2.20. The van der Waals surface area contributed by atoms with Crippen molar-refractivity contribution in [3.05, 3.63) is 30.4 Å². The molecule has 0 bridgehead atoms. The summed E-state index contributed by atoms with van der Waals surface area (Å²) >= 11 is 0. The lowest BCUT2D eigenvalue weighted by molar-refractivity contribution is -0.117. The van der Waals surface area contributed by atoms with Gasteiger partial charge in [-0.05, 0) is 13.0 Å². The van der Waals surface area contributed by atoms with Crippen molar-refractivity contribution in [3.63, 3.8) is 0 Å². The van der Waals surface area contributed by atoms with E-state index in [2.05, 4.69) is 30.2 Å². The number of aromatic nitrogens is 4. The van der Waals surface area contributed by atoms with Gasteiger partial charge in [-0.1, -0.05) is 0 Å². The van der Waals surface area contributed by atoms with E-state index in [1.165, 1.54) is 0 Å². The summed E-state index contributed by atoms with van der Waals surface area (Å²) in [6.07, 6.45) is 5.18. The molecule has 1 N–H and O–H groups in total. The minimum absolute atomic E-state index is 0.00879. The molecule has 23 heavy (non-hydrogen) atoms. The summed E-state index contributed by atoms with van der Waals surface area (Å²) in [5.41, 5.74) is 1.72. The first kappa shape index (κ1) is 15.4. The number of nitrogens with zero attached hydrogens (tertiary/aromatic N) is 6. The Morgan fingerprint density at radius 1 is 1.22 bits per heavy atom. The van der Waals surface area contributed by atoms with Crippen molar-refractivity contribution in [2.24, 2.45) is 7.05 Å². The summed E-state index contributed by atoms with van der Waals surface area (Å²) in [4.78, 5) is 25.0. The van der Waals surface area contributed by atoms with Crippen LogP contribution in [0.15, 0.2) is 24.7 Å². The normalized spacial score (nSPS) is 15.7. The molecule has 2 aromatic rings. The first-order chi connectivity index (χ1) is 11.1. The van der Waals surface area contributed by atoms with Crippen molar-refractivity contribution in [3.8, 4) is 0 Å². The number of rotatable bonds is 4. The number of anilines is 2. The van der Waals surface area contributed by atoms with Gasteiger partial charge in [0.25, 0.3) is 0 Å². The Bertz CT molecular complexity index is 662. The standard InChI is InChI=1S/C15H21N7O/c1-12-13(10-18-20(12)2)19-14(23)11-21-6-8-22(9-7-21)15-16-4-3-5-17-15/h3-5,10H,6-9,11H2,1-2H3,(H,19,23). The summed E-state index contributed by atoms with van der Waals surface area (Å²) < 4.78 is 1.74. The van der Waals surface area contributed by atoms with Crippen molar-refractivity contribution in [1.29, 1.82) is 0 Å². The van der Waals surface area contributed by atoms with Crippen LogP contribution in [-0.4, -0.2) is 63.3 Å². The summed E-state index contributed by atoms with van der Waals surface area (Å²) in [7, 11) is 1.86. The molecule has 0 aromatic carbocycles. The number of aryl methyl sites for hydroxylation is 1. The second-order valence-corrected chi connectivity index (χ2v) is 5.63. The highest BCUT2D eigenvalue weighted by Crippen LogP contribution is 2.13. The van der Waals surface area contributed by atoms with Crippen LogP contribution < -0.4 is 10.2 Å². The Labute approximate surface area is 135 Å². The molecule has 1 aliphatic rings. The van der Waals surface area contributed by atoms with Gasteiger partial charge in [0.1, 0.15) is 0 Å². The van der Waals surface area contributed by atoms with Crippen molar-refractivity contribution >= 4 is 17.5 Å². The molecule has 8 heteroatoms. The van der Waals surface area contributed by atoms with E-state index in [1.807, 2.05) is 20.0 Å². The average molecular weight is 315 g/mol. The molecule has 3 rings (SSSR count). The van der Waals surface area contributed by atoms with E-state index in [4.69, 9.17) is 0 Å². The zero-order chi connectivity index (χ0) is 16.2. The minimum atomic E-state index is -0.00879. The molecule has 122 valence electrons. The molecule has 1 saturated heterocycles. The molecule has 0 spiro atoms. The summed E-state index contributed by atoms with van der Waals surface area (Å²) in [5.74, 6) is 0.744. The number of carbonyl (C=O) groups is 1. The Kier molecular flexibility index (Phi) is 4.52. The lowest BCUT2D eigenvalue weighted by Crippen LogP contribution is -2.49. The predicted octanol–water partition coefficient (Wildman–Crippen LogP) is 0.279. The smallest absolute Gasteiger partial charge is 0.238 e. The fraction of sp³-hybridized carbons (Fsp3) is 0.467. The molecule has 1 amide bonds. The molecule has 1 fully saturated rings. The van der Waals surface area contributed by atoms with E-state index in [9.17, 15) is 4.79 Å². The lowest BCUT2D eigenvalue weighted by atomic mass is 10.3. The molecule has 0 atom stereocenters. The van der Waals surface area contributed by atoms with E-state index >= 15 is 0 Å². The van der Waals surface area contributed by atoms with Crippen molar-refractivity contribution < 1.29 is 4.79 Å². The zero-order valence-electron chi connectivity index (χ0n) is 13.4. The minimum Gasteiger partial charge on any atom is -0.338 e. The zero-order valence-corrected chi connectivity index (χ0v) is 13.4. The molecule has 0 saturated carbocycles. The molecule has 2 aromatic heterocycles. The second kappa shape index (κ2) is 6.74. The number of hydrogen-bond donors (Lipinski definition) is 1. The molecule has 1 aliphatic heterocycles. The van der Waals surface area contributed by atoms with Gasteiger partial charge in [0, 0.05) is 45.6 Å².